The molecule has 1 aromatic rings. The zero-order valence-electron chi connectivity index (χ0n) is 11.6. The van der Waals surface area contributed by atoms with Crippen molar-refractivity contribution in [2.75, 3.05) is 13.1 Å². The fourth-order valence-corrected chi connectivity index (χ4v) is 3.89. The van der Waals surface area contributed by atoms with Crippen LogP contribution < -0.4 is 0 Å². The zero-order valence-corrected chi connectivity index (χ0v) is 12.4. The van der Waals surface area contributed by atoms with Gasteiger partial charge in [0.25, 0.3) is 0 Å². The topological polar surface area (TPSA) is 61.2 Å². The van der Waals surface area contributed by atoms with Crippen molar-refractivity contribution >= 4 is 10.0 Å². The van der Waals surface area contributed by atoms with Crippen LogP contribution >= 0.6 is 0 Å². The maximum Gasteiger partial charge on any atom is 0.244 e. The van der Waals surface area contributed by atoms with Crippen LogP contribution in [0.25, 0.3) is 0 Å². The van der Waals surface area contributed by atoms with Crippen molar-refractivity contribution in [3.63, 3.8) is 0 Å². The van der Waals surface area contributed by atoms with Gasteiger partial charge in [0.1, 0.15) is 22.3 Å². The Bertz CT molecular complexity index is 652. The van der Waals surface area contributed by atoms with Crippen molar-refractivity contribution in [2.24, 2.45) is 5.41 Å². The smallest absolute Gasteiger partial charge is 0.207 e. The maximum atomic E-state index is 13.6. The largest absolute Gasteiger partial charge is 0.244 e. The van der Waals surface area contributed by atoms with E-state index in [1.807, 2.05) is 0 Å². The second-order valence-electron chi connectivity index (χ2n) is 5.79. The minimum absolute atomic E-state index is 0.117. The Hall–Kier alpha value is -1.45. The predicted octanol–water partition coefficient (Wildman–Crippen LogP) is 2.51. The molecule has 20 heavy (non-hydrogen) atoms. The lowest BCUT2D eigenvalue weighted by molar-refractivity contribution is 0.196. The van der Waals surface area contributed by atoms with Crippen molar-refractivity contribution in [1.29, 1.82) is 5.26 Å². The van der Waals surface area contributed by atoms with Crippen molar-refractivity contribution in [1.82, 2.24) is 4.31 Å². The SMILES string of the molecule is CC1(C)CCN(S(=O)(=O)c2cccc(F)c2C#N)CC1. The van der Waals surface area contributed by atoms with E-state index in [2.05, 4.69) is 13.8 Å². The van der Waals surface area contributed by atoms with Crippen LogP contribution in [-0.4, -0.2) is 25.8 Å². The summed E-state index contributed by atoms with van der Waals surface area (Å²) in [6.45, 7) is 4.99. The molecule has 1 aromatic carbocycles. The molecule has 1 aliphatic heterocycles. The summed E-state index contributed by atoms with van der Waals surface area (Å²) in [6, 6.07) is 5.34. The van der Waals surface area contributed by atoms with E-state index in [4.69, 9.17) is 5.26 Å². The number of halogens is 1. The van der Waals surface area contributed by atoms with Gasteiger partial charge in [0.2, 0.25) is 10.0 Å². The van der Waals surface area contributed by atoms with E-state index in [1.54, 1.807) is 6.07 Å². The van der Waals surface area contributed by atoms with Crippen molar-refractivity contribution in [3.05, 3.63) is 29.6 Å². The van der Waals surface area contributed by atoms with E-state index < -0.39 is 21.4 Å². The lowest BCUT2D eigenvalue weighted by atomic mass is 9.83. The van der Waals surface area contributed by atoms with Crippen molar-refractivity contribution < 1.29 is 12.8 Å². The highest BCUT2D eigenvalue weighted by molar-refractivity contribution is 7.89. The highest BCUT2D eigenvalue weighted by Gasteiger charge is 2.34. The molecule has 1 aliphatic rings. The number of hydrogen-bond donors (Lipinski definition) is 0. The third-order valence-corrected chi connectivity index (χ3v) is 5.72. The van der Waals surface area contributed by atoms with Crippen LogP contribution in [0.3, 0.4) is 0 Å². The fourth-order valence-electron chi connectivity index (χ4n) is 2.30. The Morgan fingerprint density at radius 3 is 2.45 bits per heavy atom. The molecule has 1 fully saturated rings. The predicted molar refractivity (Wildman–Crippen MR) is 72.9 cm³/mol. The van der Waals surface area contributed by atoms with Gasteiger partial charge in [-0.15, -0.1) is 0 Å². The first kappa shape index (κ1) is 14.9. The first-order valence-electron chi connectivity index (χ1n) is 6.47. The van der Waals surface area contributed by atoms with E-state index in [9.17, 15) is 12.8 Å². The summed E-state index contributed by atoms with van der Waals surface area (Å²) in [6.07, 6.45) is 1.51. The molecule has 4 nitrogen and oxygen atoms in total. The maximum absolute atomic E-state index is 13.6. The summed E-state index contributed by atoms with van der Waals surface area (Å²) in [5.74, 6) is -0.800. The number of hydrogen-bond acceptors (Lipinski definition) is 3. The van der Waals surface area contributed by atoms with Crippen molar-refractivity contribution in [2.45, 2.75) is 31.6 Å². The van der Waals surface area contributed by atoms with Gasteiger partial charge in [-0.25, -0.2) is 12.8 Å². The van der Waals surface area contributed by atoms with Gasteiger partial charge in [0.15, 0.2) is 0 Å². The van der Waals surface area contributed by atoms with Gasteiger partial charge < -0.3 is 0 Å². The van der Waals surface area contributed by atoms with Crippen LogP contribution in [-0.2, 0) is 10.0 Å². The normalized spacial score (nSPS) is 19.5. The molecule has 1 saturated heterocycles. The molecule has 0 aromatic heterocycles. The highest BCUT2D eigenvalue weighted by atomic mass is 32.2. The monoisotopic (exact) mass is 296 g/mol. The van der Waals surface area contributed by atoms with E-state index in [1.165, 1.54) is 16.4 Å². The van der Waals surface area contributed by atoms with Crippen LogP contribution in [0.4, 0.5) is 4.39 Å². The number of benzene rings is 1. The lowest BCUT2D eigenvalue weighted by Gasteiger charge is -2.36. The Morgan fingerprint density at radius 2 is 1.90 bits per heavy atom. The molecule has 1 heterocycles. The summed E-state index contributed by atoms with van der Waals surface area (Å²) < 4.78 is 40.0. The second kappa shape index (κ2) is 5.15. The Labute approximate surface area is 118 Å². The Morgan fingerprint density at radius 1 is 1.30 bits per heavy atom. The van der Waals surface area contributed by atoms with Gasteiger partial charge >= 0.3 is 0 Å². The van der Waals surface area contributed by atoms with Gasteiger partial charge in [-0.1, -0.05) is 19.9 Å². The van der Waals surface area contributed by atoms with E-state index >= 15 is 0 Å². The minimum Gasteiger partial charge on any atom is -0.207 e. The third-order valence-electron chi connectivity index (χ3n) is 3.78. The molecule has 0 saturated carbocycles. The third kappa shape index (κ3) is 2.69. The summed E-state index contributed by atoms with van der Waals surface area (Å²) in [5.41, 5.74) is -0.288. The second-order valence-corrected chi connectivity index (χ2v) is 7.70. The molecule has 0 aliphatic carbocycles. The van der Waals surface area contributed by atoms with Crippen molar-refractivity contribution in [3.8, 4) is 6.07 Å². The van der Waals surface area contributed by atoms with Crippen LogP contribution in [0.1, 0.15) is 32.3 Å². The zero-order chi connectivity index (χ0) is 15.0. The molecule has 0 atom stereocenters. The average Bonchev–Trinajstić information content (AvgIpc) is 2.38. The van der Waals surface area contributed by atoms with Gasteiger partial charge in [-0.05, 0) is 30.4 Å². The number of sulfonamides is 1. The van der Waals surface area contributed by atoms with Crippen LogP contribution in [0.15, 0.2) is 23.1 Å². The van der Waals surface area contributed by atoms with E-state index in [0.717, 1.165) is 18.9 Å². The molecule has 0 unspecified atom stereocenters. The molecule has 2 rings (SSSR count). The molecule has 108 valence electrons. The van der Waals surface area contributed by atoms with Crippen LogP contribution in [0.5, 0.6) is 0 Å². The lowest BCUT2D eigenvalue weighted by Crippen LogP contribution is -2.41. The molecule has 0 amide bonds. The molecule has 0 bridgehead atoms. The standard InChI is InChI=1S/C14H17FN2O2S/c1-14(2)6-8-17(9-7-14)20(18,19)13-5-3-4-12(15)11(13)10-16/h3-5H,6-9H2,1-2H3. The van der Waals surface area contributed by atoms with Gasteiger partial charge in [-0.2, -0.15) is 9.57 Å². The quantitative estimate of drug-likeness (QED) is 0.842. The summed E-state index contributed by atoms with van der Waals surface area (Å²) in [4.78, 5) is -0.236. The number of piperidine rings is 1. The van der Waals surface area contributed by atoms with Gasteiger partial charge in [0, 0.05) is 13.1 Å². The first-order valence-corrected chi connectivity index (χ1v) is 7.91. The highest BCUT2D eigenvalue weighted by Crippen LogP contribution is 2.33. The first-order chi connectivity index (χ1) is 9.28. The molecular weight excluding hydrogens is 279 g/mol. The molecule has 0 spiro atoms. The fraction of sp³-hybridized carbons (Fsp3) is 0.500. The van der Waals surface area contributed by atoms with Crippen LogP contribution in [0, 0.1) is 22.6 Å². The van der Waals surface area contributed by atoms with E-state index in [-0.39, 0.29) is 10.3 Å². The Kier molecular flexibility index (Phi) is 3.85. The summed E-state index contributed by atoms with van der Waals surface area (Å²) in [5, 5.41) is 8.97. The summed E-state index contributed by atoms with van der Waals surface area (Å²) in [7, 11) is -3.81. The Balaban J connectivity index is 2.38. The molecular formula is C14H17FN2O2S. The van der Waals surface area contributed by atoms with Crippen LogP contribution in [0.2, 0.25) is 0 Å². The number of nitrogens with zero attached hydrogens (tertiary/aromatic N) is 2. The molecule has 6 heteroatoms. The molecule has 0 radical (unpaired) electrons. The van der Waals surface area contributed by atoms with E-state index in [0.29, 0.717) is 13.1 Å². The summed E-state index contributed by atoms with van der Waals surface area (Å²) >= 11 is 0. The molecule has 0 N–H and O–H groups in total. The van der Waals surface area contributed by atoms with Gasteiger partial charge in [-0.3, -0.25) is 0 Å². The number of nitriles is 1. The number of rotatable bonds is 2. The minimum atomic E-state index is -3.81. The van der Waals surface area contributed by atoms with Gasteiger partial charge in [0.05, 0.1) is 0 Å². The average molecular weight is 296 g/mol.